The third kappa shape index (κ3) is 10.2. The van der Waals surface area contributed by atoms with Gasteiger partial charge in [0.2, 0.25) is 0 Å². The molecule has 0 amide bonds. The molecule has 4 aromatic rings. The molecule has 7 nitrogen and oxygen atoms in total. The van der Waals surface area contributed by atoms with E-state index >= 15 is 0 Å². The molecule has 0 saturated carbocycles. The molecular weight excluding hydrogens is 687 g/mol. The summed E-state index contributed by atoms with van der Waals surface area (Å²) in [6.07, 6.45) is 0.552. The Morgan fingerprint density at radius 2 is 1.20 bits per heavy atom. The van der Waals surface area contributed by atoms with E-state index in [1.165, 1.54) is 15.9 Å². The molecule has 12 heteroatoms. The molecule has 0 aliphatic heterocycles. The molecule has 0 saturated heterocycles. The number of rotatable bonds is 12. The Balaban J connectivity index is 0.00000552. The van der Waals surface area contributed by atoms with Crippen molar-refractivity contribution in [2.24, 2.45) is 20.4 Å². The maximum absolute atomic E-state index is 6.40. The largest absolute Gasteiger partial charge is 2.00 e. The molecule has 4 rings (SSSR count). The van der Waals surface area contributed by atoms with Crippen LogP contribution in [0.1, 0.15) is 12.5 Å². The van der Waals surface area contributed by atoms with Gasteiger partial charge >= 0.3 is 17.1 Å². The van der Waals surface area contributed by atoms with Crippen molar-refractivity contribution in [1.29, 1.82) is 0 Å². The molecular formula is C33H34CuN6OPS3+. The second-order valence-corrected chi connectivity index (χ2v) is 14.2. The zero-order valence-corrected chi connectivity index (χ0v) is 29.2. The predicted molar refractivity (Wildman–Crippen MR) is 196 cm³/mol. The summed E-state index contributed by atoms with van der Waals surface area (Å²) in [6, 6.07) is 39.4. The van der Waals surface area contributed by atoms with Crippen LogP contribution in [0.3, 0.4) is 0 Å². The first kappa shape index (κ1) is 36.3. The normalized spacial score (nSPS) is 12.8. The van der Waals surface area contributed by atoms with E-state index in [9.17, 15) is 0 Å². The second-order valence-electron chi connectivity index (χ2n) is 9.52. The van der Waals surface area contributed by atoms with Crippen LogP contribution in [-0.2, 0) is 47.1 Å². The third-order valence-electron chi connectivity index (χ3n) is 6.63. The summed E-state index contributed by atoms with van der Waals surface area (Å²) in [5.41, 5.74) is 1.85. The number of hydrogen-bond acceptors (Lipinski definition) is 8. The van der Waals surface area contributed by atoms with Crippen molar-refractivity contribution in [3.63, 3.8) is 0 Å². The molecule has 0 bridgehead atoms. The number of hydrogen-bond donors (Lipinski definition) is 3. The predicted octanol–water partition coefficient (Wildman–Crippen LogP) is 4.64. The van der Waals surface area contributed by atoms with Crippen molar-refractivity contribution >= 4 is 82.8 Å². The molecule has 4 aromatic carbocycles. The number of benzene rings is 4. The Labute approximate surface area is 293 Å². The summed E-state index contributed by atoms with van der Waals surface area (Å²) < 4.78 is 6.40. The van der Waals surface area contributed by atoms with Gasteiger partial charge in [-0.2, -0.15) is 15.3 Å². The molecule has 2 N–H and O–H groups in total. The van der Waals surface area contributed by atoms with Gasteiger partial charge in [-0.25, -0.2) is 0 Å². The summed E-state index contributed by atoms with van der Waals surface area (Å²) in [7, 11) is -0.383. The quantitative estimate of drug-likeness (QED) is 0.0291. The Morgan fingerprint density at radius 3 is 1.69 bits per heavy atom. The summed E-state index contributed by atoms with van der Waals surface area (Å²) >= 11 is 14.9. The van der Waals surface area contributed by atoms with Crippen LogP contribution in [0.5, 0.6) is 0 Å². The smallest absolute Gasteiger partial charge is 0.741 e. The van der Waals surface area contributed by atoms with E-state index in [0.717, 1.165) is 10.5 Å². The van der Waals surface area contributed by atoms with E-state index in [1.54, 1.807) is 14.0 Å². The van der Waals surface area contributed by atoms with E-state index in [0.29, 0.717) is 30.9 Å². The number of thiol groups is 1. The monoisotopic (exact) mass is 720 g/mol. The maximum Gasteiger partial charge on any atom is 2.00 e. The average molecular weight is 721 g/mol. The minimum Gasteiger partial charge on any atom is -0.741 e. The minimum atomic E-state index is -2.07. The molecule has 0 unspecified atom stereocenters. The van der Waals surface area contributed by atoms with Gasteiger partial charge in [-0.05, 0) is 65.8 Å². The van der Waals surface area contributed by atoms with E-state index in [2.05, 4.69) is 116 Å². The molecule has 0 aliphatic rings. The van der Waals surface area contributed by atoms with Gasteiger partial charge in [0.15, 0.2) is 6.35 Å². The first-order chi connectivity index (χ1) is 21.4. The summed E-state index contributed by atoms with van der Waals surface area (Å²) in [5.74, 6) is 0. The fourth-order valence-corrected chi connectivity index (χ4v) is 8.58. The van der Waals surface area contributed by atoms with Crippen LogP contribution in [-0.4, -0.2) is 48.3 Å². The zero-order valence-electron chi connectivity index (χ0n) is 24.8. The number of amidine groups is 2. The van der Waals surface area contributed by atoms with Gasteiger partial charge in [0.05, 0.1) is 12.3 Å². The molecule has 0 heterocycles. The molecule has 45 heavy (non-hydrogen) atoms. The van der Waals surface area contributed by atoms with Crippen LogP contribution in [0.25, 0.3) is 0 Å². The van der Waals surface area contributed by atoms with Crippen LogP contribution < -0.4 is 26.5 Å². The molecule has 1 radical (unpaired) electrons. The molecule has 0 aromatic heterocycles. The van der Waals surface area contributed by atoms with E-state index < -0.39 is 7.26 Å². The van der Waals surface area contributed by atoms with Gasteiger partial charge in [0.25, 0.3) is 0 Å². The van der Waals surface area contributed by atoms with Crippen LogP contribution in [0.4, 0.5) is 0 Å². The summed E-state index contributed by atoms with van der Waals surface area (Å²) in [6.45, 7) is 2.71. The van der Waals surface area contributed by atoms with Crippen LogP contribution in [0.15, 0.2) is 141 Å². The van der Waals surface area contributed by atoms with Crippen LogP contribution >= 0.6 is 19.9 Å². The Kier molecular flexibility index (Phi) is 15.1. The zero-order chi connectivity index (χ0) is 31.2. The average Bonchev–Trinajstić information content (AvgIpc) is 3.07. The second kappa shape index (κ2) is 18.7. The Bertz CT molecular complexity index is 1510. The number of nitrogens with zero attached hydrogens (tertiary/aromatic N) is 4. The first-order valence-electron chi connectivity index (χ1n) is 13.9. The van der Waals surface area contributed by atoms with E-state index in [4.69, 9.17) is 30.0 Å². The van der Waals surface area contributed by atoms with Crippen molar-refractivity contribution in [3.8, 4) is 0 Å². The van der Waals surface area contributed by atoms with Gasteiger partial charge in [-0.3, -0.25) is 0 Å². The number of nitrogens with one attached hydrogen (secondary N) is 2. The molecule has 0 atom stereocenters. The number of ether oxygens (including phenoxy) is 1. The van der Waals surface area contributed by atoms with Crippen molar-refractivity contribution in [3.05, 3.63) is 121 Å². The van der Waals surface area contributed by atoms with Gasteiger partial charge in [0.1, 0.15) is 28.9 Å². The van der Waals surface area contributed by atoms with Crippen LogP contribution in [0, 0.1) is 0 Å². The summed E-state index contributed by atoms with van der Waals surface area (Å²) in [5, 5.41) is 27.1. The topological polar surface area (TPSA) is 82.7 Å². The van der Waals surface area contributed by atoms with Gasteiger partial charge in [-0.15, -0.1) is 17.7 Å². The van der Waals surface area contributed by atoms with Gasteiger partial charge < -0.3 is 40.6 Å². The first-order valence-corrected chi connectivity index (χ1v) is 17.1. The van der Waals surface area contributed by atoms with Crippen molar-refractivity contribution in [2.45, 2.75) is 11.8 Å². The fourth-order valence-electron chi connectivity index (χ4n) is 4.46. The van der Waals surface area contributed by atoms with E-state index in [-0.39, 0.29) is 27.4 Å². The SMILES string of the molecule is CN/C([S-])=N/N=C(/C(C)=N/N=C(\[S-])NCCOC[P+](c1ccccc1)(c1ccccc1)c1ccccc1)c1ccc(S)cc1.[Cu+2]. The minimum absolute atomic E-state index is 0. The van der Waals surface area contributed by atoms with Crippen molar-refractivity contribution in [2.75, 3.05) is 26.5 Å². The van der Waals surface area contributed by atoms with Crippen LogP contribution in [0.2, 0.25) is 0 Å². The standard InChI is InChI=1S/C33H35N6OPS3.Cu/c1-25(31(37-38-32(43)34-2)26-18-20-30(42)21-19-26)36-39-33(44)35-22-23-40-24-41(27-12-6-3-7-13-27,28-14-8-4-9-15-28)29-16-10-5-11-17-29;/h3-21H,22-24H2,1-2H3,(H4-,34,35,36,37,38,39,42,43,44);/q;+2/p-1. The fraction of sp³-hybridized carbons (Fsp3) is 0.152. The molecule has 0 aliphatic carbocycles. The molecule has 0 fully saturated rings. The van der Waals surface area contributed by atoms with E-state index in [1.807, 2.05) is 42.5 Å². The summed E-state index contributed by atoms with van der Waals surface area (Å²) in [4.78, 5) is 0.832. The Hall–Kier alpha value is -3.14. The Morgan fingerprint density at radius 1 is 0.711 bits per heavy atom. The van der Waals surface area contributed by atoms with Gasteiger partial charge in [-0.1, -0.05) is 66.7 Å². The van der Waals surface area contributed by atoms with Crippen molar-refractivity contribution in [1.82, 2.24) is 10.6 Å². The maximum atomic E-state index is 6.40. The third-order valence-corrected chi connectivity index (χ3v) is 11.5. The molecule has 235 valence electrons. The van der Waals surface area contributed by atoms with Gasteiger partial charge in [0, 0.05) is 24.1 Å². The van der Waals surface area contributed by atoms with Crippen molar-refractivity contribution < 1.29 is 21.8 Å². The molecule has 0 spiro atoms.